The fraction of sp³-hybridized carbons (Fsp3) is 0.176. The minimum absolute atomic E-state index is 0.278. The van der Waals surface area contributed by atoms with Gasteiger partial charge in [-0.25, -0.2) is 4.98 Å². The zero-order valence-corrected chi connectivity index (χ0v) is 13.2. The molecule has 0 aliphatic heterocycles. The average molecular weight is 307 g/mol. The van der Waals surface area contributed by atoms with Gasteiger partial charge in [0.2, 0.25) is 0 Å². The Labute approximate surface area is 134 Å². The molecule has 0 fully saturated rings. The van der Waals surface area contributed by atoms with E-state index in [1.165, 1.54) is 0 Å². The molecule has 3 aromatic rings. The standard InChI is InChI=1S/C17H17N5O/c1-11-8-13(4-6-18-11)14-9-12(2)19-15(10-14)17(23)20-16-5-7-22(3)21-16/h4-10H,1-3H3,(H,20,21,23). The predicted molar refractivity (Wildman–Crippen MR) is 88.1 cm³/mol. The molecule has 0 bridgehead atoms. The third-order valence-corrected chi connectivity index (χ3v) is 3.37. The van der Waals surface area contributed by atoms with Crippen LogP contribution in [0.5, 0.6) is 0 Å². The van der Waals surface area contributed by atoms with Crippen LogP contribution in [0.3, 0.4) is 0 Å². The van der Waals surface area contributed by atoms with Crippen molar-refractivity contribution in [3.8, 4) is 11.1 Å². The highest BCUT2D eigenvalue weighted by atomic mass is 16.1. The maximum atomic E-state index is 12.4. The van der Waals surface area contributed by atoms with Crippen LogP contribution in [0.15, 0.2) is 42.7 Å². The van der Waals surface area contributed by atoms with Gasteiger partial charge in [0.25, 0.3) is 5.91 Å². The van der Waals surface area contributed by atoms with Gasteiger partial charge in [-0.3, -0.25) is 14.5 Å². The molecule has 0 atom stereocenters. The summed E-state index contributed by atoms with van der Waals surface area (Å²) in [5, 5.41) is 6.89. The molecule has 0 aromatic carbocycles. The van der Waals surface area contributed by atoms with Gasteiger partial charge < -0.3 is 5.32 Å². The SMILES string of the molecule is Cc1cc(-c2cc(C)nc(C(=O)Nc3ccn(C)n3)c2)ccn1. The Balaban J connectivity index is 1.92. The zero-order valence-electron chi connectivity index (χ0n) is 13.2. The number of aromatic nitrogens is 4. The number of carbonyl (C=O) groups is 1. The highest BCUT2D eigenvalue weighted by Crippen LogP contribution is 2.21. The summed E-state index contributed by atoms with van der Waals surface area (Å²) in [7, 11) is 1.80. The number of hydrogen-bond acceptors (Lipinski definition) is 4. The van der Waals surface area contributed by atoms with E-state index in [1.54, 1.807) is 36.3 Å². The number of rotatable bonds is 3. The van der Waals surface area contributed by atoms with Crippen molar-refractivity contribution >= 4 is 11.7 Å². The minimum atomic E-state index is -0.278. The number of amides is 1. The minimum Gasteiger partial charge on any atom is -0.304 e. The van der Waals surface area contributed by atoms with Crippen LogP contribution in [0.2, 0.25) is 0 Å². The summed E-state index contributed by atoms with van der Waals surface area (Å²) in [6.07, 6.45) is 3.53. The molecule has 0 aliphatic rings. The molecule has 116 valence electrons. The first kappa shape index (κ1) is 14.9. The van der Waals surface area contributed by atoms with Crippen LogP contribution in [0, 0.1) is 13.8 Å². The Morgan fingerprint density at radius 3 is 2.57 bits per heavy atom. The highest BCUT2D eigenvalue weighted by molar-refractivity contribution is 6.03. The van der Waals surface area contributed by atoms with Gasteiger partial charge in [-0.05, 0) is 49.2 Å². The third kappa shape index (κ3) is 3.42. The summed E-state index contributed by atoms with van der Waals surface area (Å²) in [4.78, 5) is 20.9. The van der Waals surface area contributed by atoms with Crippen molar-refractivity contribution in [2.45, 2.75) is 13.8 Å². The Hall–Kier alpha value is -3.02. The lowest BCUT2D eigenvalue weighted by Crippen LogP contribution is -2.15. The normalized spacial score (nSPS) is 10.6. The van der Waals surface area contributed by atoms with E-state index in [1.807, 2.05) is 32.0 Å². The second-order valence-corrected chi connectivity index (χ2v) is 5.40. The monoisotopic (exact) mass is 307 g/mol. The summed E-state index contributed by atoms with van der Waals surface area (Å²) < 4.78 is 1.63. The van der Waals surface area contributed by atoms with Crippen molar-refractivity contribution in [1.82, 2.24) is 19.7 Å². The molecule has 0 spiro atoms. The molecule has 23 heavy (non-hydrogen) atoms. The lowest BCUT2D eigenvalue weighted by Gasteiger charge is -2.07. The number of aryl methyl sites for hydroxylation is 3. The van der Waals surface area contributed by atoms with Crippen LogP contribution in [0.1, 0.15) is 21.9 Å². The summed E-state index contributed by atoms with van der Waals surface area (Å²) in [6.45, 7) is 3.81. The van der Waals surface area contributed by atoms with Gasteiger partial charge in [-0.2, -0.15) is 5.10 Å². The molecule has 3 heterocycles. The number of hydrogen-bond donors (Lipinski definition) is 1. The van der Waals surface area contributed by atoms with E-state index >= 15 is 0 Å². The van der Waals surface area contributed by atoms with Gasteiger partial charge in [-0.15, -0.1) is 0 Å². The molecule has 0 saturated heterocycles. The molecule has 3 aromatic heterocycles. The van der Waals surface area contributed by atoms with Crippen LogP contribution >= 0.6 is 0 Å². The molecule has 0 radical (unpaired) electrons. The lowest BCUT2D eigenvalue weighted by atomic mass is 10.1. The smallest absolute Gasteiger partial charge is 0.275 e. The Morgan fingerprint density at radius 2 is 1.87 bits per heavy atom. The van der Waals surface area contributed by atoms with Crippen molar-refractivity contribution in [3.63, 3.8) is 0 Å². The summed E-state index contributed by atoms with van der Waals surface area (Å²) in [5.41, 5.74) is 4.02. The first-order valence-corrected chi connectivity index (χ1v) is 7.24. The lowest BCUT2D eigenvalue weighted by molar-refractivity contribution is 0.102. The van der Waals surface area contributed by atoms with Crippen LogP contribution in [-0.2, 0) is 7.05 Å². The van der Waals surface area contributed by atoms with E-state index in [4.69, 9.17) is 0 Å². The molecular formula is C17H17N5O. The van der Waals surface area contributed by atoms with Crippen molar-refractivity contribution in [2.24, 2.45) is 7.05 Å². The Morgan fingerprint density at radius 1 is 1.09 bits per heavy atom. The zero-order chi connectivity index (χ0) is 16.4. The van der Waals surface area contributed by atoms with Gasteiger partial charge in [0.05, 0.1) is 0 Å². The second-order valence-electron chi connectivity index (χ2n) is 5.40. The van der Waals surface area contributed by atoms with Gasteiger partial charge in [0.15, 0.2) is 5.82 Å². The van der Waals surface area contributed by atoms with Gasteiger partial charge in [0, 0.05) is 36.9 Å². The van der Waals surface area contributed by atoms with Crippen molar-refractivity contribution in [3.05, 3.63) is 59.8 Å². The number of carbonyl (C=O) groups excluding carboxylic acids is 1. The van der Waals surface area contributed by atoms with Crippen molar-refractivity contribution in [2.75, 3.05) is 5.32 Å². The number of pyridine rings is 2. The van der Waals surface area contributed by atoms with Crippen LogP contribution in [-0.4, -0.2) is 25.7 Å². The maximum absolute atomic E-state index is 12.4. The van der Waals surface area contributed by atoms with Crippen molar-refractivity contribution in [1.29, 1.82) is 0 Å². The van der Waals surface area contributed by atoms with E-state index < -0.39 is 0 Å². The first-order valence-electron chi connectivity index (χ1n) is 7.24. The number of anilines is 1. The fourth-order valence-corrected chi connectivity index (χ4v) is 2.34. The quantitative estimate of drug-likeness (QED) is 0.807. The van der Waals surface area contributed by atoms with Crippen molar-refractivity contribution < 1.29 is 4.79 Å². The van der Waals surface area contributed by atoms with E-state index in [9.17, 15) is 4.79 Å². The molecule has 0 unspecified atom stereocenters. The van der Waals surface area contributed by atoms with Crippen LogP contribution < -0.4 is 5.32 Å². The Bertz CT molecular complexity index is 869. The molecule has 6 heteroatoms. The molecule has 1 amide bonds. The Kier molecular flexibility index (Phi) is 3.89. The summed E-state index contributed by atoms with van der Waals surface area (Å²) >= 11 is 0. The molecule has 0 aliphatic carbocycles. The summed E-state index contributed by atoms with van der Waals surface area (Å²) in [6, 6.07) is 9.37. The van der Waals surface area contributed by atoms with Gasteiger partial charge in [0.1, 0.15) is 5.69 Å². The average Bonchev–Trinajstić information content (AvgIpc) is 2.91. The fourth-order valence-electron chi connectivity index (χ4n) is 2.34. The van der Waals surface area contributed by atoms with E-state index in [0.717, 1.165) is 22.5 Å². The number of nitrogens with zero attached hydrogens (tertiary/aromatic N) is 4. The van der Waals surface area contributed by atoms with Gasteiger partial charge >= 0.3 is 0 Å². The first-order chi connectivity index (χ1) is 11.0. The number of nitrogens with one attached hydrogen (secondary N) is 1. The topological polar surface area (TPSA) is 72.7 Å². The molecule has 3 rings (SSSR count). The summed E-state index contributed by atoms with van der Waals surface area (Å²) in [5.74, 6) is 0.224. The highest BCUT2D eigenvalue weighted by Gasteiger charge is 2.12. The predicted octanol–water partition coefficient (Wildman–Crippen LogP) is 2.75. The largest absolute Gasteiger partial charge is 0.304 e. The molecule has 6 nitrogen and oxygen atoms in total. The molecule has 0 saturated carbocycles. The van der Waals surface area contributed by atoms with Gasteiger partial charge in [-0.1, -0.05) is 0 Å². The maximum Gasteiger partial charge on any atom is 0.275 e. The van der Waals surface area contributed by atoms with E-state index in [2.05, 4.69) is 20.4 Å². The molecule has 1 N–H and O–H groups in total. The van der Waals surface area contributed by atoms with E-state index in [-0.39, 0.29) is 5.91 Å². The molecular weight excluding hydrogens is 290 g/mol. The van der Waals surface area contributed by atoms with Crippen LogP contribution in [0.25, 0.3) is 11.1 Å². The third-order valence-electron chi connectivity index (χ3n) is 3.37. The second kappa shape index (κ2) is 6.00. The van der Waals surface area contributed by atoms with Crippen LogP contribution in [0.4, 0.5) is 5.82 Å². The van der Waals surface area contributed by atoms with E-state index in [0.29, 0.717) is 11.5 Å².